The number of nitriles is 1. The van der Waals surface area contributed by atoms with Crippen molar-refractivity contribution in [1.82, 2.24) is 9.36 Å². The first kappa shape index (κ1) is 8.42. The molecule has 7 heteroatoms. The van der Waals surface area contributed by atoms with Crippen LogP contribution in [0.15, 0.2) is 5.16 Å². The summed E-state index contributed by atoms with van der Waals surface area (Å²) in [6, 6.07) is 1.78. The maximum atomic E-state index is 8.54. The Labute approximate surface area is 72.4 Å². The van der Waals surface area contributed by atoms with Gasteiger partial charge >= 0.3 is 0 Å². The summed E-state index contributed by atoms with van der Waals surface area (Å²) in [6.45, 7) is 0. The van der Waals surface area contributed by atoms with Gasteiger partial charge in [-0.15, -0.1) is 0 Å². The fourth-order valence-corrected chi connectivity index (χ4v) is 0.968. The van der Waals surface area contributed by atoms with Crippen LogP contribution in [0, 0.1) is 11.3 Å². The van der Waals surface area contributed by atoms with E-state index < -0.39 is 0 Å². The molecule has 0 amide bonds. The average Bonchev–Trinajstić information content (AvgIpc) is 2.47. The summed E-state index contributed by atoms with van der Waals surface area (Å²) < 4.78 is 3.78. The van der Waals surface area contributed by atoms with Crippen LogP contribution < -0.4 is 5.73 Å². The number of anilines is 1. The minimum Gasteiger partial charge on any atom is -0.398 e. The van der Waals surface area contributed by atoms with Crippen molar-refractivity contribution < 1.29 is 4.84 Å². The van der Waals surface area contributed by atoms with Gasteiger partial charge in [0, 0.05) is 11.5 Å². The molecule has 0 saturated heterocycles. The zero-order chi connectivity index (χ0) is 8.97. The minimum absolute atomic E-state index is 0.0189. The Morgan fingerprint density at radius 3 is 3.00 bits per heavy atom. The van der Waals surface area contributed by atoms with Crippen LogP contribution in [0.4, 0.5) is 5.13 Å². The second-order valence-electron chi connectivity index (χ2n) is 1.69. The smallest absolute Gasteiger partial charge is 0.225 e. The molecule has 1 heterocycles. The second kappa shape index (κ2) is 3.64. The topological polar surface area (TPSA) is 97.2 Å². The number of hydrogen-bond donors (Lipinski definition) is 1. The summed E-state index contributed by atoms with van der Waals surface area (Å²) in [5.74, 6) is 0.196. The average molecular weight is 183 g/mol. The number of oxime groups is 1. The monoisotopic (exact) mass is 183 g/mol. The van der Waals surface area contributed by atoms with Crippen LogP contribution in [0.2, 0.25) is 0 Å². The molecular formula is C5H5N5OS. The van der Waals surface area contributed by atoms with Gasteiger partial charge in [-0.05, 0) is 0 Å². The van der Waals surface area contributed by atoms with Crippen LogP contribution in [0.5, 0.6) is 0 Å². The van der Waals surface area contributed by atoms with Gasteiger partial charge < -0.3 is 10.6 Å². The van der Waals surface area contributed by atoms with E-state index in [-0.39, 0.29) is 11.5 Å². The van der Waals surface area contributed by atoms with Gasteiger partial charge in [-0.3, -0.25) is 0 Å². The molecule has 6 nitrogen and oxygen atoms in total. The Morgan fingerprint density at radius 1 is 1.83 bits per heavy atom. The third-order valence-corrected chi connectivity index (χ3v) is 1.48. The minimum atomic E-state index is 0.0189. The summed E-state index contributed by atoms with van der Waals surface area (Å²) in [6.07, 6.45) is 0. The lowest BCUT2D eigenvalue weighted by Crippen LogP contribution is -2.00. The zero-order valence-corrected chi connectivity index (χ0v) is 7.00. The summed E-state index contributed by atoms with van der Waals surface area (Å²) >= 11 is 1.00. The fourth-order valence-electron chi connectivity index (χ4n) is 0.534. The van der Waals surface area contributed by atoms with Gasteiger partial charge in [-0.1, -0.05) is 5.16 Å². The van der Waals surface area contributed by atoms with E-state index in [9.17, 15) is 0 Å². The number of hydrogen-bond acceptors (Lipinski definition) is 7. The van der Waals surface area contributed by atoms with Gasteiger partial charge in [0.15, 0.2) is 5.13 Å². The van der Waals surface area contributed by atoms with Gasteiger partial charge in [0.2, 0.25) is 11.5 Å². The van der Waals surface area contributed by atoms with E-state index in [2.05, 4.69) is 19.4 Å². The van der Waals surface area contributed by atoms with E-state index in [1.165, 1.54) is 7.11 Å². The van der Waals surface area contributed by atoms with Crippen LogP contribution >= 0.6 is 11.5 Å². The molecule has 0 fully saturated rings. The van der Waals surface area contributed by atoms with Gasteiger partial charge in [0.1, 0.15) is 13.2 Å². The predicted molar refractivity (Wildman–Crippen MR) is 43.5 cm³/mol. The van der Waals surface area contributed by atoms with E-state index in [1.54, 1.807) is 6.07 Å². The molecule has 0 unspecified atom stereocenters. The third-order valence-electron chi connectivity index (χ3n) is 0.942. The van der Waals surface area contributed by atoms with Crippen molar-refractivity contribution in [1.29, 1.82) is 5.26 Å². The fraction of sp³-hybridized carbons (Fsp3) is 0.200. The molecule has 0 saturated carbocycles. The summed E-state index contributed by atoms with van der Waals surface area (Å²) in [5.41, 5.74) is 5.33. The van der Waals surface area contributed by atoms with Crippen molar-refractivity contribution >= 4 is 22.4 Å². The van der Waals surface area contributed by atoms with Crippen LogP contribution in [-0.2, 0) is 4.84 Å². The highest BCUT2D eigenvalue weighted by Gasteiger charge is 2.09. The maximum Gasteiger partial charge on any atom is 0.225 e. The molecule has 0 bridgehead atoms. The number of nitrogens with zero attached hydrogens (tertiary/aromatic N) is 4. The molecular weight excluding hydrogens is 178 g/mol. The Morgan fingerprint density at radius 2 is 2.58 bits per heavy atom. The van der Waals surface area contributed by atoms with Crippen LogP contribution in [0.25, 0.3) is 0 Å². The molecule has 62 valence electrons. The quantitative estimate of drug-likeness (QED) is 0.514. The lowest BCUT2D eigenvalue weighted by Gasteiger charge is -1.87. The number of rotatable bonds is 2. The van der Waals surface area contributed by atoms with Crippen LogP contribution in [0.1, 0.15) is 5.82 Å². The first-order valence-corrected chi connectivity index (χ1v) is 3.66. The molecule has 0 aromatic carbocycles. The standard InChI is InChI=1S/C5H5N5OS/c1-11-9-3(2-6)4-8-5(7)12-10-4/h1H3,(H2,7,8,10)/b9-3+. The summed E-state index contributed by atoms with van der Waals surface area (Å²) in [4.78, 5) is 8.16. The first-order chi connectivity index (χ1) is 5.77. The third kappa shape index (κ3) is 1.67. The molecule has 0 radical (unpaired) electrons. The highest BCUT2D eigenvalue weighted by molar-refractivity contribution is 7.09. The van der Waals surface area contributed by atoms with Crippen molar-refractivity contribution in [3.63, 3.8) is 0 Å². The lowest BCUT2D eigenvalue weighted by atomic mass is 10.4. The lowest BCUT2D eigenvalue weighted by molar-refractivity contribution is 0.214. The van der Waals surface area contributed by atoms with E-state index >= 15 is 0 Å². The molecule has 2 N–H and O–H groups in total. The molecule has 0 atom stereocenters. The maximum absolute atomic E-state index is 8.54. The van der Waals surface area contributed by atoms with Gasteiger partial charge in [0.05, 0.1) is 0 Å². The molecule has 0 aliphatic carbocycles. The van der Waals surface area contributed by atoms with Crippen LogP contribution in [0.3, 0.4) is 0 Å². The Balaban J connectivity index is 2.97. The largest absolute Gasteiger partial charge is 0.398 e. The van der Waals surface area contributed by atoms with Crippen molar-refractivity contribution in [2.45, 2.75) is 0 Å². The Hall–Kier alpha value is -1.68. The van der Waals surface area contributed by atoms with Gasteiger partial charge in [-0.25, -0.2) is 0 Å². The van der Waals surface area contributed by atoms with E-state index in [0.717, 1.165) is 11.5 Å². The second-order valence-corrected chi connectivity index (χ2v) is 2.47. The Kier molecular flexibility index (Phi) is 2.55. The summed E-state index contributed by atoms with van der Waals surface area (Å²) in [5, 5.41) is 12.2. The first-order valence-electron chi connectivity index (χ1n) is 2.88. The van der Waals surface area contributed by atoms with Gasteiger partial charge in [-0.2, -0.15) is 14.6 Å². The molecule has 1 rings (SSSR count). The number of nitrogen functional groups attached to an aromatic ring is 1. The Bertz CT molecular complexity index is 338. The number of aromatic nitrogens is 2. The molecule has 1 aromatic heterocycles. The SMILES string of the molecule is CO/N=C(\C#N)c1nsc(N)n1. The molecule has 0 spiro atoms. The van der Waals surface area contributed by atoms with E-state index in [0.29, 0.717) is 5.13 Å². The number of nitrogens with two attached hydrogens (primary N) is 1. The molecule has 12 heavy (non-hydrogen) atoms. The highest BCUT2D eigenvalue weighted by atomic mass is 32.1. The molecule has 0 aliphatic heterocycles. The van der Waals surface area contributed by atoms with Crippen LogP contribution in [-0.4, -0.2) is 22.2 Å². The van der Waals surface area contributed by atoms with Crippen molar-refractivity contribution in [3.05, 3.63) is 5.82 Å². The van der Waals surface area contributed by atoms with Crippen molar-refractivity contribution in [2.75, 3.05) is 12.8 Å². The van der Waals surface area contributed by atoms with E-state index in [4.69, 9.17) is 11.0 Å². The normalized spacial score (nSPS) is 10.8. The zero-order valence-electron chi connectivity index (χ0n) is 6.18. The molecule has 0 aliphatic rings. The predicted octanol–water partition coefficient (Wildman–Crippen LogP) is -0.00562. The molecule has 1 aromatic rings. The van der Waals surface area contributed by atoms with E-state index in [1.807, 2.05) is 0 Å². The van der Waals surface area contributed by atoms with Crippen molar-refractivity contribution in [3.8, 4) is 6.07 Å². The summed E-state index contributed by atoms with van der Waals surface area (Å²) in [7, 11) is 1.34. The highest BCUT2D eigenvalue weighted by Crippen LogP contribution is 2.06. The van der Waals surface area contributed by atoms with Crippen molar-refractivity contribution in [2.24, 2.45) is 5.16 Å². The van der Waals surface area contributed by atoms with Gasteiger partial charge in [0.25, 0.3) is 0 Å².